The minimum Gasteiger partial charge on any atom is -0.545 e. The molecule has 8 nitrogen and oxygen atoms in total. The second-order valence-electron chi connectivity index (χ2n) is 8.01. The number of allylic oxidation sites excluding steroid dienone is 1. The Bertz CT molecular complexity index is 1460. The molecule has 3 aromatic carbocycles. The largest absolute Gasteiger partial charge is 1.00 e. The van der Waals surface area contributed by atoms with Crippen molar-refractivity contribution in [1.82, 2.24) is 8.75 Å². The maximum Gasteiger partial charge on any atom is 1.00 e. The molecule has 1 aromatic heterocycles. The normalized spacial score (nSPS) is 11.4. The number of methoxy groups -OCH3 is 3. The first kappa shape index (κ1) is 28.3. The molecule has 184 valence electrons. The van der Waals surface area contributed by atoms with Gasteiger partial charge < -0.3 is 24.1 Å². The average Bonchev–Trinajstić information content (AvgIpc) is 3.36. The van der Waals surface area contributed by atoms with E-state index in [2.05, 4.69) is 8.75 Å². The summed E-state index contributed by atoms with van der Waals surface area (Å²) in [4.78, 5) is 26.5. The number of ether oxygens (including phenoxy) is 3. The fourth-order valence-corrected chi connectivity index (χ4v) is 4.45. The molecule has 0 N–H and O–H groups in total. The first-order valence-corrected chi connectivity index (χ1v) is 11.7. The number of carboxylic acids is 1. The zero-order chi connectivity index (χ0) is 25.8. The number of benzene rings is 3. The van der Waals surface area contributed by atoms with Gasteiger partial charge in [0.2, 0.25) is 5.75 Å². The molecule has 4 aromatic rings. The van der Waals surface area contributed by atoms with Gasteiger partial charge in [-0.2, -0.15) is 8.75 Å². The van der Waals surface area contributed by atoms with E-state index >= 15 is 0 Å². The number of rotatable bonds is 9. The Labute approximate surface area is 240 Å². The minimum absolute atomic E-state index is 0. The van der Waals surface area contributed by atoms with Crippen molar-refractivity contribution >= 4 is 40.1 Å². The fourth-order valence-electron chi connectivity index (χ4n) is 3.93. The van der Waals surface area contributed by atoms with Crippen molar-refractivity contribution < 1.29 is 58.5 Å². The minimum atomic E-state index is -1.47. The van der Waals surface area contributed by atoms with E-state index in [0.717, 1.165) is 22.9 Å². The zero-order valence-corrected chi connectivity index (χ0v) is 24.0. The molecule has 0 saturated carbocycles. The maximum atomic E-state index is 14.0. The van der Waals surface area contributed by atoms with Crippen molar-refractivity contribution in [2.75, 3.05) is 21.3 Å². The summed E-state index contributed by atoms with van der Waals surface area (Å²) in [6.45, 7) is 1.95. The van der Waals surface area contributed by atoms with Gasteiger partial charge in [-0.15, -0.1) is 0 Å². The van der Waals surface area contributed by atoms with Crippen LogP contribution in [0.15, 0.2) is 60.2 Å². The molecular weight excluding hydrogens is 503 g/mol. The van der Waals surface area contributed by atoms with Gasteiger partial charge in [0.05, 0.1) is 39.0 Å². The summed E-state index contributed by atoms with van der Waals surface area (Å²) < 4.78 is 24.5. The van der Waals surface area contributed by atoms with Crippen LogP contribution in [0.1, 0.15) is 27.0 Å². The van der Waals surface area contributed by atoms with Crippen LogP contribution in [-0.4, -0.2) is 41.8 Å². The van der Waals surface area contributed by atoms with E-state index < -0.39 is 11.8 Å². The van der Waals surface area contributed by atoms with Crippen molar-refractivity contribution in [1.29, 1.82) is 0 Å². The number of nitrogens with zero attached hydrogens (tertiary/aromatic N) is 2. The topological polar surface area (TPSA) is 111 Å². The summed E-state index contributed by atoms with van der Waals surface area (Å²) in [5.74, 6) is -1.10. The number of carboxylic acid groups (broad SMARTS) is 1. The predicted molar refractivity (Wildman–Crippen MR) is 135 cm³/mol. The zero-order valence-electron chi connectivity index (χ0n) is 21.2. The number of hydrogen-bond acceptors (Lipinski definition) is 9. The third-order valence-electron chi connectivity index (χ3n) is 5.75. The summed E-state index contributed by atoms with van der Waals surface area (Å²) in [6, 6.07) is 15.4. The average molecular weight is 527 g/mol. The molecule has 0 aliphatic heterocycles. The SMILES string of the molecule is COc1cc(C(=O)C(Cc2ccc(C)cc2)=C(C(=O)[O-])c2ccc3nsnc3c2)cc(OC)c1OC.[Na+]. The van der Waals surface area contributed by atoms with E-state index in [-0.39, 0.29) is 64.2 Å². The van der Waals surface area contributed by atoms with E-state index in [4.69, 9.17) is 14.2 Å². The number of aliphatic carboxylic acids is 1. The standard InChI is InChI=1S/C27H24N2O6S.Na/c1-15-5-7-16(8-6-15)11-19(24(27(31)32)17-9-10-20-21(12-17)29-36-28-20)25(30)18-13-22(33-2)26(35-4)23(14-18)34-3;/h5-10,12-14H,11H2,1-4H3,(H,31,32);/q;+1/p-1. The number of carbonyl (C=O) groups excluding carboxylic acids is 2. The first-order chi connectivity index (χ1) is 17.4. The predicted octanol–water partition coefficient (Wildman–Crippen LogP) is 0.659. The van der Waals surface area contributed by atoms with E-state index in [1.165, 1.54) is 33.5 Å². The molecule has 37 heavy (non-hydrogen) atoms. The third-order valence-corrected chi connectivity index (χ3v) is 6.31. The summed E-state index contributed by atoms with van der Waals surface area (Å²) in [6.07, 6.45) is 0.0619. The van der Waals surface area contributed by atoms with Crippen molar-refractivity contribution in [2.45, 2.75) is 13.3 Å². The van der Waals surface area contributed by atoms with Gasteiger partial charge in [0.1, 0.15) is 11.0 Å². The molecule has 0 atom stereocenters. The van der Waals surface area contributed by atoms with Crippen LogP contribution in [0.2, 0.25) is 0 Å². The van der Waals surface area contributed by atoms with Gasteiger partial charge in [-0.1, -0.05) is 35.9 Å². The molecule has 0 saturated heterocycles. The second kappa shape index (κ2) is 12.3. The third kappa shape index (κ3) is 6.02. The van der Waals surface area contributed by atoms with Crippen molar-refractivity contribution in [3.05, 3.63) is 82.4 Å². The summed E-state index contributed by atoms with van der Waals surface area (Å²) in [5.41, 5.74) is 3.30. The van der Waals surface area contributed by atoms with Gasteiger partial charge in [0.25, 0.3) is 0 Å². The van der Waals surface area contributed by atoms with Gasteiger partial charge >= 0.3 is 29.6 Å². The van der Waals surface area contributed by atoms with Gasteiger partial charge in [-0.3, -0.25) is 4.79 Å². The van der Waals surface area contributed by atoms with E-state index in [1.54, 1.807) is 18.2 Å². The van der Waals surface area contributed by atoms with Gasteiger partial charge in [-0.05, 0) is 42.3 Å². The van der Waals surface area contributed by atoms with Crippen molar-refractivity contribution in [3.63, 3.8) is 0 Å². The molecule has 10 heteroatoms. The number of aryl methyl sites for hydroxylation is 1. The Balaban J connectivity index is 0.00000380. The van der Waals surface area contributed by atoms with E-state index in [1.807, 2.05) is 31.2 Å². The van der Waals surface area contributed by atoms with Crippen LogP contribution in [0.25, 0.3) is 16.6 Å². The van der Waals surface area contributed by atoms with Crippen LogP contribution in [0.4, 0.5) is 0 Å². The van der Waals surface area contributed by atoms with E-state index in [9.17, 15) is 14.7 Å². The number of fused-ring (bicyclic) bond motifs is 1. The van der Waals surface area contributed by atoms with Crippen molar-refractivity contribution in [3.8, 4) is 17.2 Å². The fraction of sp³-hybridized carbons (Fsp3) is 0.185. The number of carbonyl (C=O) groups is 2. The number of hydrogen-bond donors (Lipinski definition) is 0. The molecule has 0 fully saturated rings. The summed E-state index contributed by atoms with van der Waals surface area (Å²) in [7, 11) is 4.35. The molecule has 4 rings (SSSR count). The monoisotopic (exact) mass is 526 g/mol. The summed E-state index contributed by atoms with van der Waals surface area (Å²) in [5, 5.41) is 12.5. The quantitative estimate of drug-likeness (QED) is 0.178. The van der Waals surface area contributed by atoms with Gasteiger partial charge in [0.15, 0.2) is 17.3 Å². The molecule has 0 bridgehead atoms. The maximum absolute atomic E-state index is 14.0. The first-order valence-electron chi connectivity index (χ1n) is 10.9. The molecule has 0 unspecified atom stereocenters. The van der Waals surface area contributed by atoms with Crippen LogP contribution >= 0.6 is 11.7 Å². The molecule has 0 radical (unpaired) electrons. The second-order valence-corrected chi connectivity index (χ2v) is 8.54. The van der Waals surface area contributed by atoms with Gasteiger partial charge in [0, 0.05) is 23.1 Å². The Morgan fingerprint density at radius 3 is 2.03 bits per heavy atom. The Kier molecular flexibility index (Phi) is 9.45. The van der Waals surface area contributed by atoms with E-state index in [0.29, 0.717) is 22.3 Å². The van der Waals surface area contributed by atoms with Crippen LogP contribution in [0, 0.1) is 6.92 Å². The van der Waals surface area contributed by atoms with Crippen molar-refractivity contribution in [2.24, 2.45) is 0 Å². The Hall–Kier alpha value is -3.24. The van der Waals surface area contributed by atoms with Crippen LogP contribution in [0.5, 0.6) is 17.2 Å². The molecule has 0 aliphatic carbocycles. The number of ketones is 1. The number of Topliss-reactive ketones (excluding diaryl/α,β-unsaturated/α-hetero) is 1. The Morgan fingerprint density at radius 2 is 1.46 bits per heavy atom. The van der Waals surface area contributed by atoms with Crippen LogP contribution < -0.4 is 48.9 Å². The molecular formula is C27H23N2NaO6S. The number of aromatic nitrogens is 2. The molecule has 0 amide bonds. The van der Waals surface area contributed by atoms with Gasteiger partial charge in [-0.25, -0.2) is 0 Å². The van der Waals surface area contributed by atoms with Crippen LogP contribution in [-0.2, 0) is 11.2 Å². The molecule has 0 aliphatic rings. The summed E-state index contributed by atoms with van der Waals surface area (Å²) >= 11 is 1.02. The Morgan fingerprint density at radius 1 is 0.838 bits per heavy atom. The molecule has 1 heterocycles. The van der Waals surface area contributed by atoms with Crippen LogP contribution in [0.3, 0.4) is 0 Å². The smallest absolute Gasteiger partial charge is 0.545 e. The molecule has 0 spiro atoms.